The minimum Gasteiger partial charge on any atom is -0.493 e. The molecule has 6 nitrogen and oxygen atoms in total. The van der Waals surface area contributed by atoms with Crippen LogP contribution in [0, 0.1) is 11.3 Å². The highest BCUT2D eigenvalue weighted by molar-refractivity contribution is 6.42. The van der Waals surface area contributed by atoms with Gasteiger partial charge < -0.3 is 9.47 Å². The number of amides is 1. The fraction of sp³-hybridized carbons (Fsp3) is 0.150. The lowest BCUT2D eigenvalue weighted by Crippen LogP contribution is -2.21. The second-order valence-electron chi connectivity index (χ2n) is 5.82. The van der Waals surface area contributed by atoms with E-state index >= 15 is 0 Å². The molecule has 142 valence electrons. The zero-order chi connectivity index (χ0) is 20.3. The van der Waals surface area contributed by atoms with Gasteiger partial charge in [0.1, 0.15) is 6.07 Å². The molecule has 3 rings (SSSR count). The number of nitriles is 1. The summed E-state index contributed by atoms with van der Waals surface area (Å²) >= 11 is 12.0. The molecule has 1 amide bonds. The van der Waals surface area contributed by atoms with Gasteiger partial charge in [0, 0.05) is 0 Å². The Kier molecular flexibility index (Phi) is 5.88. The molecule has 0 saturated heterocycles. The molecule has 0 unspecified atom stereocenters. The van der Waals surface area contributed by atoms with E-state index < -0.39 is 0 Å². The number of anilines is 1. The van der Waals surface area contributed by atoms with Crippen molar-refractivity contribution < 1.29 is 14.3 Å². The maximum Gasteiger partial charge on any atom is 0.280 e. The minimum atomic E-state index is -0.278. The number of rotatable bonds is 5. The topological polar surface area (TPSA) is 74.9 Å². The molecule has 1 heterocycles. The summed E-state index contributed by atoms with van der Waals surface area (Å²) in [5.74, 6) is 0.636. The van der Waals surface area contributed by atoms with Crippen LogP contribution in [0.5, 0.6) is 11.5 Å². The Bertz CT molecular complexity index is 1040. The molecule has 0 N–H and O–H groups in total. The Balaban J connectivity index is 1.91. The van der Waals surface area contributed by atoms with Crippen LogP contribution < -0.4 is 14.5 Å². The Hall–Kier alpha value is -3.01. The minimum absolute atomic E-state index is 0.0837. The van der Waals surface area contributed by atoms with Gasteiger partial charge in [-0.2, -0.15) is 15.4 Å². The molecule has 0 radical (unpaired) electrons. The van der Waals surface area contributed by atoms with Crippen LogP contribution in [0.15, 0.2) is 47.1 Å². The maximum atomic E-state index is 12.9. The van der Waals surface area contributed by atoms with Gasteiger partial charge in [-0.25, -0.2) is 0 Å². The molecule has 0 saturated carbocycles. The molecular weight excluding hydrogens is 401 g/mol. The fourth-order valence-electron chi connectivity index (χ4n) is 2.65. The van der Waals surface area contributed by atoms with Crippen molar-refractivity contribution in [2.45, 2.75) is 6.92 Å². The molecule has 0 aromatic heterocycles. The van der Waals surface area contributed by atoms with Crippen LogP contribution >= 0.6 is 23.2 Å². The van der Waals surface area contributed by atoms with Crippen molar-refractivity contribution in [3.8, 4) is 17.6 Å². The van der Waals surface area contributed by atoms with Crippen LogP contribution in [0.1, 0.15) is 12.5 Å². The number of hydrazone groups is 1. The number of ether oxygens (including phenoxy) is 2. The predicted molar refractivity (Wildman–Crippen MR) is 109 cm³/mol. The number of hydrogen-bond donors (Lipinski definition) is 0. The predicted octanol–water partition coefficient (Wildman–Crippen LogP) is 4.71. The average molecular weight is 416 g/mol. The summed E-state index contributed by atoms with van der Waals surface area (Å²) in [6.45, 7) is 1.67. The lowest BCUT2D eigenvalue weighted by atomic mass is 10.1. The summed E-state index contributed by atoms with van der Waals surface area (Å²) < 4.78 is 10.6. The second-order valence-corrected chi connectivity index (χ2v) is 6.63. The summed E-state index contributed by atoms with van der Waals surface area (Å²) in [7, 11) is 1.50. The highest BCUT2D eigenvalue weighted by Gasteiger charge is 2.29. The van der Waals surface area contributed by atoms with Crippen LogP contribution in [0.2, 0.25) is 10.0 Å². The number of carbonyl (C=O) groups excluding carboxylic acids is 1. The Morgan fingerprint density at radius 2 is 1.96 bits per heavy atom. The van der Waals surface area contributed by atoms with Gasteiger partial charge in [0.05, 0.1) is 34.1 Å². The molecule has 8 heteroatoms. The molecule has 0 spiro atoms. The quantitative estimate of drug-likeness (QED) is 0.662. The van der Waals surface area contributed by atoms with Crippen LogP contribution in [-0.4, -0.2) is 25.3 Å². The van der Waals surface area contributed by atoms with Crippen molar-refractivity contribution in [3.63, 3.8) is 0 Å². The highest BCUT2D eigenvalue weighted by atomic mass is 35.5. The summed E-state index contributed by atoms with van der Waals surface area (Å²) in [6.07, 6.45) is 1.72. The molecule has 0 aliphatic carbocycles. The fourth-order valence-corrected chi connectivity index (χ4v) is 2.94. The Labute approximate surface area is 172 Å². The van der Waals surface area contributed by atoms with Crippen molar-refractivity contribution in [1.29, 1.82) is 5.26 Å². The number of nitrogens with zero attached hydrogens (tertiary/aromatic N) is 3. The number of carbonyl (C=O) groups is 1. The van der Waals surface area contributed by atoms with Crippen LogP contribution in [0.4, 0.5) is 5.69 Å². The van der Waals surface area contributed by atoms with Gasteiger partial charge in [-0.15, -0.1) is 0 Å². The van der Waals surface area contributed by atoms with Crippen molar-refractivity contribution in [3.05, 3.63) is 57.6 Å². The number of hydrogen-bond acceptors (Lipinski definition) is 5. The first-order valence-electron chi connectivity index (χ1n) is 8.19. The van der Waals surface area contributed by atoms with E-state index in [1.54, 1.807) is 49.4 Å². The first-order valence-corrected chi connectivity index (χ1v) is 8.94. The smallest absolute Gasteiger partial charge is 0.280 e. The van der Waals surface area contributed by atoms with E-state index in [1.165, 1.54) is 12.1 Å². The molecule has 2 aromatic rings. The molecule has 0 bridgehead atoms. The van der Waals surface area contributed by atoms with Gasteiger partial charge in [-0.3, -0.25) is 4.79 Å². The van der Waals surface area contributed by atoms with Gasteiger partial charge in [-0.1, -0.05) is 29.3 Å². The third-order valence-electron chi connectivity index (χ3n) is 4.00. The van der Waals surface area contributed by atoms with Crippen molar-refractivity contribution >= 4 is 46.6 Å². The highest BCUT2D eigenvalue weighted by Crippen LogP contribution is 2.32. The van der Waals surface area contributed by atoms with E-state index in [0.717, 1.165) is 5.56 Å². The first kappa shape index (κ1) is 19.7. The van der Waals surface area contributed by atoms with Crippen molar-refractivity contribution in [1.82, 2.24) is 0 Å². The SMILES string of the molecule is COc1cc(/C=C2/C(=O)N(c3ccc(Cl)c(Cl)c3)N=C2C)ccc1OCC#N. The summed E-state index contributed by atoms with van der Waals surface area (Å²) in [4.78, 5) is 12.9. The zero-order valence-corrected chi connectivity index (χ0v) is 16.6. The number of methoxy groups -OCH3 is 1. The van der Waals surface area contributed by atoms with E-state index in [0.29, 0.717) is 38.5 Å². The summed E-state index contributed by atoms with van der Waals surface area (Å²) in [5, 5.41) is 15.0. The number of halogens is 2. The van der Waals surface area contributed by atoms with Crippen LogP contribution in [-0.2, 0) is 4.79 Å². The lowest BCUT2D eigenvalue weighted by Gasteiger charge is -2.12. The van der Waals surface area contributed by atoms with E-state index in [1.807, 2.05) is 6.07 Å². The first-order chi connectivity index (χ1) is 13.4. The second kappa shape index (κ2) is 8.34. The van der Waals surface area contributed by atoms with Crippen molar-refractivity contribution in [2.24, 2.45) is 5.10 Å². The normalized spacial score (nSPS) is 14.8. The van der Waals surface area contributed by atoms with E-state index in [4.69, 9.17) is 37.9 Å². The molecule has 0 atom stereocenters. The van der Waals surface area contributed by atoms with Gasteiger partial charge in [0.15, 0.2) is 18.1 Å². The van der Waals surface area contributed by atoms with Gasteiger partial charge in [0.25, 0.3) is 5.91 Å². The standard InChI is InChI=1S/C20H15Cl2N3O3/c1-12-15(9-13-3-6-18(28-8-7-23)19(10-13)27-2)20(26)25(24-12)14-4-5-16(21)17(22)11-14/h3-6,9-11H,8H2,1-2H3/b15-9+. The van der Waals surface area contributed by atoms with Gasteiger partial charge in [-0.05, 0) is 48.9 Å². The van der Waals surface area contributed by atoms with Gasteiger partial charge >= 0.3 is 0 Å². The number of benzene rings is 2. The summed E-state index contributed by atoms with van der Waals surface area (Å²) in [6, 6.07) is 12.0. The van der Waals surface area contributed by atoms with Crippen LogP contribution in [0.3, 0.4) is 0 Å². The molecule has 0 fully saturated rings. The molecule has 1 aliphatic heterocycles. The molecule has 1 aliphatic rings. The van der Waals surface area contributed by atoms with Gasteiger partial charge in [0.2, 0.25) is 0 Å². The molecule has 28 heavy (non-hydrogen) atoms. The van der Waals surface area contributed by atoms with E-state index in [2.05, 4.69) is 5.10 Å². The Morgan fingerprint density at radius 3 is 2.64 bits per heavy atom. The zero-order valence-electron chi connectivity index (χ0n) is 15.1. The molecule has 2 aromatic carbocycles. The average Bonchev–Trinajstić information content (AvgIpc) is 2.97. The Morgan fingerprint density at radius 1 is 1.18 bits per heavy atom. The third-order valence-corrected chi connectivity index (χ3v) is 4.74. The summed E-state index contributed by atoms with van der Waals surface area (Å²) in [5.41, 5.74) is 2.27. The van der Waals surface area contributed by atoms with E-state index in [-0.39, 0.29) is 12.5 Å². The lowest BCUT2D eigenvalue weighted by molar-refractivity contribution is -0.114. The largest absolute Gasteiger partial charge is 0.493 e. The monoisotopic (exact) mass is 415 g/mol. The maximum absolute atomic E-state index is 12.9. The third kappa shape index (κ3) is 3.96. The van der Waals surface area contributed by atoms with Crippen LogP contribution in [0.25, 0.3) is 6.08 Å². The van der Waals surface area contributed by atoms with Crippen molar-refractivity contribution in [2.75, 3.05) is 18.7 Å². The van der Waals surface area contributed by atoms with E-state index in [9.17, 15) is 4.79 Å². The molecular formula is C20H15Cl2N3O3.